The average molecular weight is 307 g/mol. The van der Waals surface area contributed by atoms with E-state index in [1.807, 2.05) is 4.90 Å². The quantitative estimate of drug-likeness (QED) is 0.849. The molecule has 5 nitrogen and oxygen atoms in total. The summed E-state index contributed by atoms with van der Waals surface area (Å²) in [5.74, 6) is -0.0174. The summed E-state index contributed by atoms with van der Waals surface area (Å²) in [5.41, 5.74) is 6.80. The molecule has 1 saturated heterocycles. The molecule has 7 heteroatoms. The van der Waals surface area contributed by atoms with E-state index < -0.39 is 0 Å². The number of hydrogen-bond donors (Lipinski definition) is 1. The zero-order chi connectivity index (χ0) is 12.4. The molecule has 0 saturated carbocycles. The van der Waals surface area contributed by atoms with E-state index in [2.05, 4.69) is 23.9 Å². The number of piperazine rings is 1. The minimum absolute atomic E-state index is 0. The van der Waals surface area contributed by atoms with Gasteiger partial charge < -0.3 is 15.5 Å². The molecule has 1 aromatic heterocycles. The number of aromatic nitrogens is 1. The van der Waals surface area contributed by atoms with Gasteiger partial charge in [0.2, 0.25) is 0 Å². The average Bonchev–Trinajstić information content (AvgIpc) is 2.29. The van der Waals surface area contributed by atoms with E-state index in [9.17, 15) is 4.79 Å². The number of nitrogens with zero attached hydrogens (tertiary/aromatic N) is 3. The number of nitrogens with two attached hydrogens (primary N) is 1. The normalized spacial score (nSPS) is 19.3. The third-order valence-corrected chi connectivity index (χ3v) is 3.18. The molecule has 1 unspecified atom stereocenters. The molecule has 108 valence electrons. The molecule has 0 spiro atoms. The number of pyridine rings is 1. The number of rotatable bonds is 1. The molecule has 2 heterocycles. The fourth-order valence-electron chi connectivity index (χ4n) is 2.18. The Hall–Kier alpha value is -1.04. The van der Waals surface area contributed by atoms with Crippen LogP contribution in [0.1, 0.15) is 17.3 Å². The molecule has 1 amide bonds. The molecule has 1 aliphatic heterocycles. The Morgan fingerprint density at radius 1 is 1.42 bits per heavy atom. The second-order valence-electron chi connectivity index (χ2n) is 4.57. The summed E-state index contributed by atoms with van der Waals surface area (Å²) in [5, 5.41) is 0. The highest BCUT2D eigenvalue weighted by Crippen LogP contribution is 2.16. The first-order valence-corrected chi connectivity index (χ1v) is 5.78. The monoisotopic (exact) mass is 306 g/mol. The van der Waals surface area contributed by atoms with Crippen molar-refractivity contribution in [1.29, 1.82) is 0 Å². The number of amides is 1. The molecule has 2 N–H and O–H groups in total. The summed E-state index contributed by atoms with van der Waals surface area (Å²) in [6.07, 6.45) is 3.14. The van der Waals surface area contributed by atoms with E-state index >= 15 is 0 Å². The van der Waals surface area contributed by atoms with Gasteiger partial charge in [0.25, 0.3) is 5.91 Å². The first-order chi connectivity index (χ1) is 8.09. The number of hydrogen-bond acceptors (Lipinski definition) is 4. The number of likely N-dealkylation sites (N-methyl/N-ethyl adjacent to an activating group) is 1. The van der Waals surface area contributed by atoms with Crippen molar-refractivity contribution in [2.45, 2.75) is 13.0 Å². The standard InChI is InChI=1S/C12H18N4O.2ClH/c1-9-8-15(2)5-6-16(9)12(17)10-7-14-4-3-11(10)13;;/h3-4,7,9H,5-6,8H2,1-2H3,(H2,13,14);2*1H. The number of nitrogen functional groups attached to an aromatic ring is 1. The summed E-state index contributed by atoms with van der Waals surface area (Å²) >= 11 is 0. The number of halogens is 2. The Balaban J connectivity index is 0.00000162. The Bertz CT molecular complexity index is 430. The molecule has 0 aromatic carbocycles. The highest BCUT2D eigenvalue weighted by Gasteiger charge is 2.27. The molecule has 0 aliphatic carbocycles. The lowest BCUT2D eigenvalue weighted by atomic mass is 10.1. The second-order valence-corrected chi connectivity index (χ2v) is 4.57. The van der Waals surface area contributed by atoms with Gasteiger partial charge in [0.1, 0.15) is 0 Å². The fourth-order valence-corrected chi connectivity index (χ4v) is 2.18. The van der Waals surface area contributed by atoms with Crippen molar-refractivity contribution in [1.82, 2.24) is 14.8 Å². The first-order valence-electron chi connectivity index (χ1n) is 5.78. The zero-order valence-corrected chi connectivity index (χ0v) is 12.7. The highest BCUT2D eigenvalue weighted by molar-refractivity contribution is 5.99. The maximum absolute atomic E-state index is 12.3. The van der Waals surface area contributed by atoms with Crippen molar-refractivity contribution in [2.24, 2.45) is 0 Å². The van der Waals surface area contributed by atoms with Crippen molar-refractivity contribution in [3.8, 4) is 0 Å². The predicted molar refractivity (Wildman–Crippen MR) is 81.1 cm³/mol. The van der Waals surface area contributed by atoms with Crippen molar-refractivity contribution < 1.29 is 4.79 Å². The molecule has 19 heavy (non-hydrogen) atoms. The highest BCUT2D eigenvalue weighted by atomic mass is 35.5. The van der Waals surface area contributed by atoms with Crippen LogP contribution in [0.15, 0.2) is 18.5 Å². The third-order valence-electron chi connectivity index (χ3n) is 3.18. The van der Waals surface area contributed by atoms with Gasteiger partial charge in [-0.15, -0.1) is 24.8 Å². The van der Waals surface area contributed by atoms with Crippen molar-refractivity contribution in [3.63, 3.8) is 0 Å². The summed E-state index contributed by atoms with van der Waals surface area (Å²) in [6.45, 7) is 4.59. The van der Waals surface area contributed by atoms with Crippen LogP contribution in [0.3, 0.4) is 0 Å². The van der Waals surface area contributed by atoms with E-state index in [0.29, 0.717) is 11.3 Å². The summed E-state index contributed by atoms with van der Waals surface area (Å²) in [7, 11) is 2.07. The smallest absolute Gasteiger partial charge is 0.257 e. The molecular weight excluding hydrogens is 287 g/mol. The van der Waals surface area contributed by atoms with E-state index in [1.165, 1.54) is 0 Å². The second kappa shape index (κ2) is 7.53. The van der Waals surface area contributed by atoms with Gasteiger partial charge in [0.05, 0.1) is 5.56 Å². The molecule has 1 fully saturated rings. The SMILES string of the molecule is CC1CN(C)CCN1C(=O)c1cnccc1N.Cl.Cl. The van der Waals surface area contributed by atoms with Crippen LogP contribution in [-0.4, -0.2) is 53.4 Å². The summed E-state index contributed by atoms with van der Waals surface area (Å²) < 4.78 is 0. The molecule has 2 rings (SSSR count). The first kappa shape index (κ1) is 18.0. The molecule has 0 radical (unpaired) electrons. The zero-order valence-electron chi connectivity index (χ0n) is 11.1. The number of carbonyl (C=O) groups excluding carboxylic acids is 1. The van der Waals surface area contributed by atoms with Crippen LogP contribution in [0.4, 0.5) is 5.69 Å². The lowest BCUT2D eigenvalue weighted by Gasteiger charge is -2.38. The van der Waals surface area contributed by atoms with Crippen LogP contribution in [0.25, 0.3) is 0 Å². The van der Waals surface area contributed by atoms with E-state index in [-0.39, 0.29) is 36.8 Å². The van der Waals surface area contributed by atoms with Crippen molar-refractivity contribution >= 4 is 36.4 Å². The third kappa shape index (κ3) is 3.96. The minimum atomic E-state index is -0.0174. The van der Waals surface area contributed by atoms with Gasteiger partial charge in [-0.05, 0) is 20.0 Å². The predicted octanol–water partition coefficient (Wildman–Crippen LogP) is 1.28. The Kier molecular flexibility index (Phi) is 7.11. The summed E-state index contributed by atoms with van der Waals surface area (Å²) in [4.78, 5) is 20.4. The fraction of sp³-hybridized carbons (Fsp3) is 0.500. The Labute approximate surface area is 126 Å². The van der Waals surface area contributed by atoms with Crippen LogP contribution in [0, 0.1) is 0 Å². The van der Waals surface area contributed by atoms with Crippen LogP contribution < -0.4 is 5.73 Å². The molecule has 1 aliphatic rings. The lowest BCUT2D eigenvalue weighted by Crippen LogP contribution is -2.52. The van der Waals surface area contributed by atoms with Gasteiger partial charge in [0.15, 0.2) is 0 Å². The van der Waals surface area contributed by atoms with Gasteiger partial charge in [-0.2, -0.15) is 0 Å². The maximum atomic E-state index is 12.3. The van der Waals surface area contributed by atoms with Crippen LogP contribution >= 0.6 is 24.8 Å². The van der Waals surface area contributed by atoms with E-state index in [4.69, 9.17) is 5.73 Å². The van der Waals surface area contributed by atoms with Crippen LogP contribution in [0.2, 0.25) is 0 Å². The Morgan fingerprint density at radius 3 is 2.68 bits per heavy atom. The van der Waals surface area contributed by atoms with Gasteiger partial charge in [0, 0.05) is 43.8 Å². The van der Waals surface area contributed by atoms with Crippen molar-refractivity contribution in [2.75, 3.05) is 32.4 Å². The van der Waals surface area contributed by atoms with E-state index in [1.54, 1.807) is 18.5 Å². The van der Waals surface area contributed by atoms with Crippen LogP contribution in [0.5, 0.6) is 0 Å². The topological polar surface area (TPSA) is 62.5 Å². The van der Waals surface area contributed by atoms with Gasteiger partial charge in [-0.1, -0.05) is 0 Å². The van der Waals surface area contributed by atoms with Gasteiger partial charge in [-0.3, -0.25) is 9.78 Å². The van der Waals surface area contributed by atoms with E-state index in [0.717, 1.165) is 19.6 Å². The number of carbonyl (C=O) groups is 1. The largest absolute Gasteiger partial charge is 0.398 e. The molecule has 1 atom stereocenters. The molecule has 0 bridgehead atoms. The van der Waals surface area contributed by atoms with Crippen molar-refractivity contribution in [3.05, 3.63) is 24.0 Å². The Morgan fingerprint density at radius 2 is 2.11 bits per heavy atom. The minimum Gasteiger partial charge on any atom is -0.398 e. The number of anilines is 1. The maximum Gasteiger partial charge on any atom is 0.257 e. The lowest BCUT2D eigenvalue weighted by molar-refractivity contribution is 0.0534. The summed E-state index contributed by atoms with van der Waals surface area (Å²) in [6, 6.07) is 1.87. The molecular formula is C12H20Cl2N4O. The van der Waals surface area contributed by atoms with Crippen LogP contribution in [-0.2, 0) is 0 Å². The van der Waals surface area contributed by atoms with Gasteiger partial charge >= 0.3 is 0 Å². The van der Waals surface area contributed by atoms with Gasteiger partial charge in [-0.25, -0.2) is 0 Å². The molecule has 1 aromatic rings.